The first-order valence-electron chi connectivity index (χ1n) is 7.95. The van der Waals surface area contributed by atoms with Crippen molar-refractivity contribution in [2.45, 2.75) is 25.3 Å². The van der Waals surface area contributed by atoms with E-state index in [-0.39, 0.29) is 11.9 Å². The van der Waals surface area contributed by atoms with E-state index in [1.54, 1.807) is 0 Å². The van der Waals surface area contributed by atoms with E-state index in [9.17, 15) is 4.79 Å². The molecule has 0 fully saturated rings. The summed E-state index contributed by atoms with van der Waals surface area (Å²) in [7, 11) is 0. The highest BCUT2D eigenvalue weighted by Gasteiger charge is 2.21. The number of benzene rings is 2. The van der Waals surface area contributed by atoms with Crippen molar-refractivity contribution in [3.8, 4) is 0 Å². The molecule has 1 heterocycles. The topological polar surface area (TPSA) is 41.1 Å². The molecule has 3 heteroatoms. The van der Waals surface area contributed by atoms with Gasteiger partial charge in [-0.05, 0) is 36.1 Å². The van der Waals surface area contributed by atoms with Crippen LogP contribution < -0.4 is 10.6 Å². The lowest BCUT2D eigenvalue weighted by Crippen LogP contribution is -2.35. The van der Waals surface area contributed by atoms with Crippen molar-refractivity contribution in [3.63, 3.8) is 0 Å². The van der Waals surface area contributed by atoms with E-state index < -0.39 is 0 Å². The monoisotopic (exact) mass is 294 g/mol. The zero-order valence-corrected chi connectivity index (χ0v) is 12.7. The van der Waals surface area contributed by atoms with E-state index in [2.05, 4.69) is 41.0 Å². The molecule has 1 amide bonds. The molecule has 2 aromatic carbocycles. The summed E-state index contributed by atoms with van der Waals surface area (Å²) in [6, 6.07) is 18.8. The first kappa shape index (κ1) is 14.8. The Bertz CT molecular complexity index is 624. The minimum atomic E-state index is 0.116. The zero-order chi connectivity index (χ0) is 15.2. The first-order valence-corrected chi connectivity index (χ1v) is 7.95. The Morgan fingerprint density at radius 1 is 1.09 bits per heavy atom. The molecule has 0 radical (unpaired) electrons. The first-order chi connectivity index (χ1) is 10.8. The molecular weight excluding hydrogens is 272 g/mol. The van der Waals surface area contributed by atoms with Crippen LogP contribution >= 0.6 is 0 Å². The van der Waals surface area contributed by atoms with Crippen LogP contribution in [-0.2, 0) is 17.6 Å². The van der Waals surface area contributed by atoms with Crippen molar-refractivity contribution >= 4 is 5.91 Å². The van der Waals surface area contributed by atoms with Gasteiger partial charge in [0.15, 0.2) is 0 Å². The Labute approximate surface area is 131 Å². The number of rotatable bonds is 5. The molecule has 0 aromatic heterocycles. The SMILES string of the molecule is O=C(CC1NCCc2ccccc21)NCCc1ccccc1. The third-order valence-electron chi connectivity index (χ3n) is 4.18. The van der Waals surface area contributed by atoms with E-state index in [1.165, 1.54) is 16.7 Å². The average Bonchev–Trinajstić information content (AvgIpc) is 2.56. The fourth-order valence-corrected chi connectivity index (χ4v) is 3.02. The van der Waals surface area contributed by atoms with Gasteiger partial charge in [-0.2, -0.15) is 0 Å². The number of carbonyl (C=O) groups is 1. The quantitative estimate of drug-likeness (QED) is 0.890. The molecule has 2 aromatic rings. The molecule has 0 aliphatic carbocycles. The molecule has 1 aliphatic heterocycles. The lowest BCUT2D eigenvalue weighted by Gasteiger charge is -2.26. The Balaban J connectivity index is 1.50. The van der Waals surface area contributed by atoms with Crippen molar-refractivity contribution in [2.24, 2.45) is 0 Å². The molecule has 0 bridgehead atoms. The fraction of sp³-hybridized carbons (Fsp3) is 0.316. The number of nitrogens with one attached hydrogen (secondary N) is 2. The molecule has 22 heavy (non-hydrogen) atoms. The second-order valence-corrected chi connectivity index (χ2v) is 5.75. The highest BCUT2D eigenvalue weighted by atomic mass is 16.1. The van der Waals surface area contributed by atoms with Crippen molar-refractivity contribution in [3.05, 3.63) is 71.3 Å². The molecule has 0 saturated carbocycles. The zero-order valence-electron chi connectivity index (χ0n) is 12.7. The fourth-order valence-electron chi connectivity index (χ4n) is 3.02. The van der Waals surface area contributed by atoms with Crippen LogP contribution in [0.1, 0.15) is 29.2 Å². The maximum atomic E-state index is 12.2. The predicted molar refractivity (Wildman–Crippen MR) is 88.7 cm³/mol. The van der Waals surface area contributed by atoms with Gasteiger partial charge in [0, 0.05) is 19.0 Å². The normalized spacial score (nSPS) is 16.8. The molecule has 3 nitrogen and oxygen atoms in total. The summed E-state index contributed by atoms with van der Waals surface area (Å²) >= 11 is 0. The highest BCUT2D eigenvalue weighted by molar-refractivity contribution is 5.77. The van der Waals surface area contributed by atoms with Gasteiger partial charge in [0.2, 0.25) is 5.91 Å². The number of carbonyl (C=O) groups excluding carboxylic acids is 1. The Kier molecular flexibility index (Phi) is 4.86. The van der Waals surface area contributed by atoms with Crippen LogP contribution in [0.15, 0.2) is 54.6 Å². The van der Waals surface area contributed by atoms with Gasteiger partial charge in [-0.25, -0.2) is 0 Å². The molecule has 1 aliphatic rings. The maximum Gasteiger partial charge on any atom is 0.221 e. The Morgan fingerprint density at radius 3 is 2.73 bits per heavy atom. The van der Waals surface area contributed by atoms with Crippen molar-refractivity contribution in [1.29, 1.82) is 0 Å². The lowest BCUT2D eigenvalue weighted by molar-refractivity contribution is -0.121. The summed E-state index contributed by atoms with van der Waals surface area (Å²) in [5, 5.41) is 6.48. The van der Waals surface area contributed by atoms with Gasteiger partial charge >= 0.3 is 0 Å². The van der Waals surface area contributed by atoms with Gasteiger partial charge in [0.25, 0.3) is 0 Å². The number of hydrogen-bond donors (Lipinski definition) is 2. The maximum absolute atomic E-state index is 12.2. The highest BCUT2D eigenvalue weighted by Crippen LogP contribution is 2.24. The van der Waals surface area contributed by atoms with E-state index in [4.69, 9.17) is 0 Å². The molecule has 1 atom stereocenters. The van der Waals surface area contributed by atoms with Gasteiger partial charge in [-0.1, -0.05) is 54.6 Å². The molecule has 3 rings (SSSR count). The summed E-state index contributed by atoms with van der Waals surface area (Å²) in [6.07, 6.45) is 2.43. The van der Waals surface area contributed by atoms with Gasteiger partial charge in [0.1, 0.15) is 0 Å². The lowest BCUT2D eigenvalue weighted by atomic mass is 9.92. The largest absolute Gasteiger partial charge is 0.356 e. The Hall–Kier alpha value is -2.13. The molecule has 114 valence electrons. The molecule has 1 unspecified atom stereocenters. The van der Waals surface area contributed by atoms with Crippen molar-refractivity contribution < 1.29 is 4.79 Å². The van der Waals surface area contributed by atoms with Crippen molar-refractivity contribution in [2.75, 3.05) is 13.1 Å². The van der Waals surface area contributed by atoms with Crippen LogP contribution in [0.3, 0.4) is 0 Å². The van der Waals surface area contributed by atoms with Gasteiger partial charge in [0.05, 0.1) is 0 Å². The summed E-state index contributed by atoms with van der Waals surface area (Å²) in [5.41, 5.74) is 3.89. The van der Waals surface area contributed by atoms with Crippen LogP contribution in [-0.4, -0.2) is 19.0 Å². The van der Waals surface area contributed by atoms with E-state index in [0.717, 1.165) is 19.4 Å². The Morgan fingerprint density at radius 2 is 1.86 bits per heavy atom. The van der Waals surface area contributed by atoms with E-state index in [0.29, 0.717) is 13.0 Å². The number of amides is 1. The summed E-state index contributed by atoms with van der Waals surface area (Å²) in [5.74, 6) is 0.116. The van der Waals surface area contributed by atoms with Gasteiger partial charge < -0.3 is 10.6 Å². The second-order valence-electron chi connectivity index (χ2n) is 5.75. The standard InChI is InChI=1S/C19H22N2O/c22-19(21-12-10-15-6-2-1-3-7-15)14-18-17-9-5-4-8-16(17)11-13-20-18/h1-9,18,20H,10-14H2,(H,21,22). The molecule has 2 N–H and O–H groups in total. The minimum absolute atomic E-state index is 0.116. The van der Waals surface area contributed by atoms with Crippen LogP contribution in [0.5, 0.6) is 0 Å². The molecule has 0 saturated heterocycles. The summed E-state index contributed by atoms with van der Waals surface area (Å²) in [4.78, 5) is 12.2. The van der Waals surface area contributed by atoms with Crippen LogP contribution in [0.25, 0.3) is 0 Å². The number of fused-ring (bicyclic) bond motifs is 1. The minimum Gasteiger partial charge on any atom is -0.356 e. The van der Waals surface area contributed by atoms with Crippen LogP contribution in [0.2, 0.25) is 0 Å². The van der Waals surface area contributed by atoms with Crippen LogP contribution in [0, 0.1) is 0 Å². The van der Waals surface area contributed by atoms with Gasteiger partial charge in [-0.3, -0.25) is 4.79 Å². The summed E-state index contributed by atoms with van der Waals surface area (Å²) in [6.45, 7) is 1.64. The molecule has 0 spiro atoms. The third kappa shape index (κ3) is 3.74. The second kappa shape index (κ2) is 7.23. The molecular formula is C19H22N2O. The third-order valence-corrected chi connectivity index (χ3v) is 4.18. The average molecular weight is 294 g/mol. The van der Waals surface area contributed by atoms with E-state index in [1.807, 2.05) is 24.3 Å². The van der Waals surface area contributed by atoms with Gasteiger partial charge in [-0.15, -0.1) is 0 Å². The predicted octanol–water partition coefficient (Wildman–Crippen LogP) is 2.62. The van der Waals surface area contributed by atoms with Crippen molar-refractivity contribution in [1.82, 2.24) is 10.6 Å². The van der Waals surface area contributed by atoms with Crippen LogP contribution in [0.4, 0.5) is 0 Å². The summed E-state index contributed by atoms with van der Waals surface area (Å²) < 4.78 is 0. The van der Waals surface area contributed by atoms with E-state index >= 15 is 0 Å². The smallest absolute Gasteiger partial charge is 0.221 e. The number of hydrogen-bond acceptors (Lipinski definition) is 2.